The van der Waals surface area contributed by atoms with Gasteiger partial charge in [0.05, 0.1) is 9.77 Å². The summed E-state index contributed by atoms with van der Waals surface area (Å²) in [4.78, 5) is 24.9. The van der Waals surface area contributed by atoms with E-state index in [1.807, 2.05) is 31.2 Å². The maximum atomic E-state index is 13.0. The molecule has 0 saturated carbocycles. The van der Waals surface area contributed by atoms with Crippen molar-refractivity contribution < 1.29 is 18.0 Å². The van der Waals surface area contributed by atoms with E-state index in [0.717, 1.165) is 15.6 Å². The third-order valence-electron chi connectivity index (χ3n) is 5.65. The van der Waals surface area contributed by atoms with Crippen LogP contribution in [0.4, 0.5) is 5.69 Å². The molecule has 1 aromatic heterocycles. The number of nitrogens with zero attached hydrogens (tertiary/aromatic N) is 1. The van der Waals surface area contributed by atoms with Crippen LogP contribution >= 0.6 is 11.3 Å². The molecule has 2 heterocycles. The molecule has 1 aliphatic rings. The van der Waals surface area contributed by atoms with Crippen molar-refractivity contribution in [2.45, 2.75) is 37.6 Å². The van der Waals surface area contributed by atoms with Crippen LogP contribution in [0.25, 0.3) is 10.1 Å². The van der Waals surface area contributed by atoms with Crippen molar-refractivity contribution in [3.63, 3.8) is 0 Å². The SMILES string of the molecule is CC(=O)Nc1ccc(S(=O)(=O)N2CCC(NC(=O)c3sc4ccccc4c3C)CC2)cc1. The summed E-state index contributed by atoms with van der Waals surface area (Å²) in [6, 6.07) is 14.0. The van der Waals surface area contributed by atoms with Crippen molar-refractivity contribution in [3.8, 4) is 0 Å². The van der Waals surface area contributed by atoms with Gasteiger partial charge in [0, 0.05) is 36.4 Å². The van der Waals surface area contributed by atoms with E-state index in [2.05, 4.69) is 10.6 Å². The molecule has 1 fully saturated rings. The Morgan fingerprint density at radius 3 is 2.31 bits per heavy atom. The van der Waals surface area contributed by atoms with Gasteiger partial charge in [-0.05, 0) is 61.0 Å². The van der Waals surface area contributed by atoms with Crippen LogP contribution in [0.2, 0.25) is 0 Å². The molecule has 32 heavy (non-hydrogen) atoms. The molecule has 168 valence electrons. The molecule has 0 bridgehead atoms. The average Bonchev–Trinajstić information content (AvgIpc) is 3.11. The minimum Gasteiger partial charge on any atom is -0.349 e. The highest BCUT2D eigenvalue weighted by Gasteiger charge is 2.30. The number of carbonyl (C=O) groups excluding carboxylic acids is 2. The molecule has 4 rings (SSSR count). The van der Waals surface area contributed by atoms with E-state index in [9.17, 15) is 18.0 Å². The van der Waals surface area contributed by atoms with E-state index < -0.39 is 10.0 Å². The Morgan fingerprint density at radius 2 is 1.69 bits per heavy atom. The zero-order valence-electron chi connectivity index (χ0n) is 17.9. The van der Waals surface area contributed by atoms with Crippen LogP contribution in [0, 0.1) is 6.92 Å². The fraction of sp³-hybridized carbons (Fsp3) is 0.304. The number of hydrogen-bond donors (Lipinski definition) is 2. The second kappa shape index (κ2) is 9.01. The van der Waals surface area contributed by atoms with Crippen molar-refractivity contribution in [1.29, 1.82) is 0 Å². The Labute approximate surface area is 191 Å². The lowest BCUT2D eigenvalue weighted by molar-refractivity contribution is -0.114. The lowest BCUT2D eigenvalue weighted by Crippen LogP contribution is -2.46. The zero-order valence-corrected chi connectivity index (χ0v) is 19.6. The summed E-state index contributed by atoms with van der Waals surface area (Å²) in [5.74, 6) is -0.311. The van der Waals surface area contributed by atoms with Crippen molar-refractivity contribution in [2.24, 2.45) is 0 Å². The second-order valence-electron chi connectivity index (χ2n) is 7.91. The number of hydrogen-bond acceptors (Lipinski definition) is 5. The van der Waals surface area contributed by atoms with Gasteiger partial charge in [-0.1, -0.05) is 18.2 Å². The Balaban J connectivity index is 1.38. The Morgan fingerprint density at radius 1 is 1.03 bits per heavy atom. The molecular formula is C23H25N3O4S2. The summed E-state index contributed by atoms with van der Waals surface area (Å²) in [7, 11) is -3.63. The van der Waals surface area contributed by atoms with Crippen molar-refractivity contribution in [2.75, 3.05) is 18.4 Å². The predicted molar refractivity (Wildman–Crippen MR) is 127 cm³/mol. The molecule has 0 radical (unpaired) electrons. The Bertz CT molecular complexity index is 1260. The van der Waals surface area contributed by atoms with Crippen LogP contribution in [-0.4, -0.2) is 43.7 Å². The molecule has 0 unspecified atom stereocenters. The first-order valence-electron chi connectivity index (χ1n) is 10.4. The normalized spacial score (nSPS) is 15.6. The number of fused-ring (bicyclic) bond motifs is 1. The fourth-order valence-corrected chi connectivity index (χ4v) is 6.53. The number of sulfonamides is 1. The summed E-state index contributed by atoms with van der Waals surface area (Å²) in [6.45, 7) is 4.04. The standard InChI is InChI=1S/C23H25N3O4S2/c1-15-20-5-3-4-6-21(20)31-22(15)23(28)25-18-11-13-26(14-12-18)32(29,30)19-9-7-17(8-10-19)24-16(2)27/h3-10,18H,11-14H2,1-2H3,(H,24,27)(H,25,28). The van der Waals surface area contributed by atoms with Crippen molar-refractivity contribution in [3.05, 3.63) is 59.0 Å². The summed E-state index contributed by atoms with van der Waals surface area (Å²) in [5, 5.41) is 6.80. The molecule has 0 spiro atoms. The Kier molecular flexibility index (Phi) is 6.32. The van der Waals surface area contributed by atoms with Gasteiger partial charge in [-0.3, -0.25) is 9.59 Å². The number of piperidine rings is 1. The van der Waals surface area contributed by atoms with E-state index in [-0.39, 0.29) is 22.8 Å². The molecule has 2 amide bonds. The van der Waals surface area contributed by atoms with Gasteiger partial charge < -0.3 is 10.6 Å². The number of amides is 2. The first-order valence-corrected chi connectivity index (χ1v) is 12.7. The first kappa shape index (κ1) is 22.4. The van der Waals surface area contributed by atoms with E-state index in [4.69, 9.17) is 0 Å². The van der Waals surface area contributed by atoms with Gasteiger partial charge in [0.2, 0.25) is 15.9 Å². The van der Waals surface area contributed by atoms with Crippen LogP contribution in [-0.2, 0) is 14.8 Å². The lowest BCUT2D eigenvalue weighted by Gasteiger charge is -2.31. The van der Waals surface area contributed by atoms with E-state index >= 15 is 0 Å². The number of benzene rings is 2. The largest absolute Gasteiger partial charge is 0.349 e. The van der Waals surface area contributed by atoms with Gasteiger partial charge in [0.25, 0.3) is 5.91 Å². The topological polar surface area (TPSA) is 95.6 Å². The lowest BCUT2D eigenvalue weighted by atomic mass is 10.1. The molecule has 3 aromatic rings. The van der Waals surface area contributed by atoms with Gasteiger partial charge in [-0.15, -0.1) is 11.3 Å². The highest BCUT2D eigenvalue weighted by atomic mass is 32.2. The number of anilines is 1. The fourth-order valence-electron chi connectivity index (χ4n) is 3.94. The summed E-state index contributed by atoms with van der Waals surface area (Å²) < 4.78 is 28.5. The third kappa shape index (κ3) is 4.55. The summed E-state index contributed by atoms with van der Waals surface area (Å²) in [6.07, 6.45) is 1.11. The molecule has 9 heteroatoms. The van der Waals surface area contributed by atoms with Crippen LogP contribution in [0.15, 0.2) is 53.4 Å². The monoisotopic (exact) mass is 471 g/mol. The molecule has 2 N–H and O–H groups in total. The highest BCUT2D eigenvalue weighted by molar-refractivity contribution is 7.89. The van der Waals surface area contributed by atoms with Gasteiger partial charge in [0.15, 0.2) is 0 Å². The summed E-state index contributed by atoms with van der Waals surface area (Å²) >= 11 is 1.48. The number of thiophene rings is 1. The predicted octanol–water partition coefficient (Wildman–Crippen LogP) is 3.75. The third-order valence-corrected chi connectivity index (χ3v) is 8.84. The molecule has 0 atom stereocenters. The zero-order chi connectivity index (χ0) is 22.9. The average molecular weight is 472 g/mol. The van der Waals surface area contributed by atoms with E-state index in [0.29, 0.717) is 36.5 Å². The van der Waals surface area contributed by atoms with Crippen LogP contribution in [0.5, 0.6) is 0 Å². The number of nitrogens with one attached hydrogen (secondary N) is 2. The summed E-state index contributed by atoms with van der Waals surface area (Å²) in [5.41, 5.74) is 1.53. The van der Waals surface area contributed by atoms with Crippen LogP contribution in [0.1, 0.15) is 35.0 Å². The molecule has 0 aliphatic carbocycles. The molecule has 1 aliphatic heterocycles. The highest BCUT2D eigenvalue weighted by Crippen LogP contribution is 2.31. The molecular weight excluding hydrogens is 446 g/mol. The van der Waals surface area contributed by atoms with Gasteiger partial charge in [0.1, 0.15) is 0 Å². The molecule has 7 nitrogen and oxygen atoms in total. The van der Waals surface area contributed by atoms with Crippen molar-refractivity contribution >= 4 is 48.9 Å². The smallest absolute Gasteiger partial charge is 0.261 e. The maximum absolute atomic E-state index is 13.0. The second-order valence-corrected chi connectivity index (χ2v) is 10.9. The number of rotatable bonds is 5. The molecule has 1 saturated heterocycles. The Hall–Kier alpha value is -2.75. The van der Waals surface area contributed by atoms with Crippen LogP contribution in [0.3, 0.4) is 0 Å². The maximum Gasteiger partial charge on any atom is 0.261 e. The van der Waals surface area contributed by atoms with Gasteiger partial charge >= 0.3 is 0 Å². The van der Waals surface area contributed by atoms with Crippen LogP contribution < -0.4 is 10.6 Å². The van der Waals surface area contributed by atoms with Gasteiger partial charge in [-0.25, -0.2) is 8.42 Å². The van der Waals surface area contributed by atoms with E-state index in [1.165, 1.54) is 34.7 Å². The first-order chi connectivity index (χ1) is 15.3. The van der Waals surface area contributed by atoms with Gasteiger partial charge in [-0.2, -0.15) is 4.31 Å². The van der Waals surface area contributed by atoms with E-state index in [1.54, 1.807) is 12.1 Å². The minimum atomic E-state index is -3.63. The van der Waals surface area contributed by atoms with Crippen molar-refractivity contribution in [1.82, 2.24) is 9.62 Å². The number of aryl methyl sites for hydroxylation is 1. The number of carbonyl (C=O) groups is 2. The minimum absolute atomic E-state index is 0.0688. The molecule has 2 aromatic carbocycles. The quantitative estimate of drug-likeness (QED) is 0.592.